The summed E-state index contributed by atoms with van der Waals surface area (Å²) < 4.78 is 23.8. The molecule has 0 unspecified atom stereocenters. The van der Waals surface area contributed by atoms with Gasteiger partial charge >= 0.3 is 11.9 Å². The summed E-state index contributed by atoms with van der Waals surface area (Å²) in [4.78, 5) is 25.0. The summed E-state index contributed by atoms with van der Waals surface area (Å²) in [5, 5.41) is 3.71. The van der Waals surface area contributed by atoms with E-state index in [0.717, 1.165) is 52.3 Å². The van der Waals surface area contributed by atoms with Crippen LogP contribution in [-0.4, -0.2) is 38.4 Å². The van der Waals surface area contributed by atoms with Gasteiger partial charge in [-0.25, -0.2) is 0 Å². The first-order valence-corrected chi connectivity index (χ1v) is 17.2. The molecule has 238 valence electrons. The molecule has 0 aliphatic heterocycles. The van der Waals surface area contributed by atoms with Gasteiger partial charge in [0.15, 0.2) is 0 Å². The van der Waals surface area contributed by atoms with Gasteiger partial charge in [-0.3, -0.25) is 9.59 Å². The summed E-state index contributed by atoms with van der Waals surface area (Å²) in [7, 11) is 0. The van der Waals surface area contributed by atoms with Gasteiger partial charge in [-0.2, -0.15) is 0 Å². The van der Waals surface area contributed by atoms with Crippen LogP contribution in [0.4, 0.5) is 0 Å². The van der Waals surface area contributed by atoms with E-state index in [9.17, 15) is 9.59 Å². The van der Waals surface area contributed by atoms with Crippen molar-refractivity contribution in [2.45, 2.75) is 103 Å². The third-order valence-corrected chi connectivity index (χ3v) is 9.53. The fourth-order valence-electron chi connectivity index (χ4n) is 6.93. The zero-order chi connectivity index (χ0) is 30.6. The molecular formula is C38H50O6. The molecule has 2 fully saturated rings. The molecule has 0 atom stereocenters. The lowest BCUT2D eigenvalue weighted by Crippen LogP contribution is -2.15. The van der Waals surface area contributed by atoms with Crippen LogP contribution >= 0.6 is 0 Å². The highest BCUT2D eigenvalue weighted by atomic mass is 16.5. The van der Waals surface area contributed by atoms with Crippen LogP contribution in [0.25, 0.3) is 21.5 Å². The molecule has 2 aliphatic rings. The van der Waals surface area contributed by atoms with E-state index in [0.29, 0.717) is 25.0 Å². The number of aryl methyl sites for hydroxylation is 1. The van der Waals surface area contributed by atoms with Crippen LogP contribution in [0.2, 0.25) is 0 Å². The molecule has 6 heteroatoms. The largest absolute Gasteiger partial charge is 0.492 e. The average molecular weight is 603 g/mol. The molecule has 0 saturated heterocycles. The van der Waals surface area contributed by atoms with Crippen LogP contribution < -0.4 is 9.47 Å². The van der Waals surface area contributed by atoms with E-state index < -0.39 is 0 Å². The van der Waals surface area contributed by atoms with Crippen molar-refractivity contribution in [3.8, 4) is 11.5 Å². The Labute approximate surface area is 262 Å². The number of esters is 2. The van der Waals surface area contributed by atoms with Gasteiger partial charge in [0.25, 0.3) is 0 Å². The lowest BCUT2D eigenvalue weighted by molar-refractivity contribution is -0.145. The topological polar surface area (TPSA) is 71.1 Å². The Hall–Kier alpha value is -3.28. The number of carbonyl (C=O) groups excluding carboxylic acids is 2. The summed E-state index contributed by atoms with van der Waals surface area (Å²) in [6.07, 6.45) is 16.1. The highest BCUT2D eigenvalue weighted by Gasteiger charge is 2.19. The lowest BCUT2D eigenvalue weighted by atomic mass is 9.87. The quantitative estimate of drug-likeness (QED) is 0.128. The molecular weight excluding hydrogens is 552 g/mol. The molecule has 6 nitrogen and oxygen atoms in total. The van der Waals surface area contributed by atoms with E-state index in [1.165, 1.54) is 69.8 Å². The number of benzene rings is 3. The molecule has 3 aromatic carbocycles. The average Bonchev–Trinajstić information content (AvgIpc) is 3.06. The van der Waals surface area contributed by atoms with Crippen LogP contribution in [0.3, 0.4) is 0 Å². The Bertz CT molecular complexity index is 1370. The van der Waals surface area contributed by atoms with Crippen molar-refractivity contribution in [1.29, 1.82) is 0 Å². The van der Waals surface area contributed by atoms with Crippen molar-refractivity contribution in [2.75, 3.05) is 26.4 Å². The first-order valence-electron chi connectivity index (χ1n) is 17.2. The minimum atomic E-state index is -0.215. The predicted molar refractivity (Wildman–Crippen MR) is 175 cm³/mol. The van der Waals surface area contributed by atoms with Crippen molar-refractivity contribution in [3.63, 3.8) is 0 Å². The van der Waals surface area contributed by atoms with Crippen molar-refractivity contribution in [1.82, 2.24) is 0 Å². The third-order valence-electron chi connectivity index (χ3n) is 9.53. The van der Waals surface area contributed by atoms with E-state index in [1.807, 2.05) is 24.3 Å². The fourth-order valence-corrected chi connectivity index (χ4v) is 6.93. The maximum Gasteiger partial charge on any atom is 0.309 e. The van der Waals surface area contributed by atoms with Crippen molar-refractivity contribution in [2.24, 2.45) is 11.8 Å². The third kappa shape index (κ3) is 8.89. The fraction of sp³-hybridized carbons (Fsp3) is 0.579. The number of hydrogen-bond acceptors (Lipinski definition) is 6. The molecule has 0 bridgehead atoms. The SMILES string of the molecule is CCc1ccc2c(OCCC(=O)OCCC3CCCCC3)c3ccccc3c(OCCC(=O)OCCC3CCCCC3)c2c1. The van der Waals surface area contributed by atoms with E-state index in [2.05, 4.69) is 25.1 Å². The Balaban J connectivity index is 1.22. The van der Waals surface area contributed by atoms with Gasteiger partial charge < -0.3 is 18.9 Å². The smallest absolute Gasteiger partial charge is 0.309 e. The number of ether oxygens (including phenoxy) is 4. The highest BCUT2D eigenvalue weighted by Crippen LogP contribution is 2.43. The molecule has 3 aromatic rings. The zero-order valence-corrected chi connectivity index (χ0v) is 26.6. The van der Waals surface area contributed by atoms with E-state index in [-0.39, 0.29) is 38.0 Å². The van der Waals surface area contributed by atoms with Crippen LogP contribution in [0.15, 0.2) is 42.5 Å². The summed E-state index contributed by atoms with van der Waals surface area (Å²) >= 11 is 0. The summed E-state index contributed by atoms with van der Waals surface area (Å²) in [5.41, 5.74) is 1.19. The molecule has 5 rings (SSSR count). The second-order valence-corrected chi connectivity index (χ2v) is 12.7. The minimum absolute atomic E-state index is 0.203. The van der Waals surface area contributed by atoms with Crippen LogP contribution in [0.5, 0.6) is 11.5 Å². The Morgan fingerprint density at radius 3 is 1.59 bits per heavy atom. The van der Waals surface area contributed by atoms with Gasteiger partial charge in [0.2, 0.25) is 0 Å². The summed E-state index contributed by atoms with van der Waals surface area (Å²) in [5.74, 6) is 2.44. The van der Waals surface area contributed by atoms with E-state index in [1.54, 1.807) is 0 Å². The molecule has 2 saturated carbocycles. The first-order chi connectivity index (χ1) is 21.6. The number of fused-ring (bicyclic) bond motifs is 2. The molecule has 0 amide bonds. The number of carbonyl (C=O) groups is 2. The van der Waals surface area contributed by atoms with Crippen molar-refractivity contribution < 1.29 is 28.5 Å². The predicted octanol–water partition coefficient (Wildman–Crippen LogP) is 9.12. The number of rotatable bonds is 15. The minimum Gasteiger partial charge on any atom is -0.492 e. The van der Waals surface area contributed by atoms with Crippen molar-refractivity contribution >= 4 is 33.5 Å². The van der Waals surface area contributed by atoms with Gasteiger partial charge in [-0.1, -0.05) is 108 Å². The standard InChI is InChI=1S/C38H50O6/c1-2-28-17-18-33-34(27-28)38(44-26-22-36(40)42-24-20-30-13-7-4-8-14-30)32-16-10-9-15-31(32)37(33)43-25-21-35(39)41-23-19-29-11-5-3-6-12-29/h9-10,15-18,27,29-30H,2-8,11-14,19-26H2,1H3. The molecule has 0 radical (unpaired) electrons. The van der Waals surface area contributed by atoms with Crippen molar-refractivity contribution in [3.05, 3.63) is 48.0 Å². The van der Waals surface area contributed by atoms with E-state index >= 15 is 0 Å². The first kappa shape index (κ1) is 32.1. The summed E-state index contributed by atoms with van der Waals surface area (Å²) in [6.45, 7) is 3.60. The van der Waals surface area contributed by atoms with Gasteiger partial charge in [0.1, 0.15) is 11.5 Å². The van der Waals surface area contributed by atoms with Gasteiger partial charge in [0, 0.05) is 21.5 Å². The maximum absolute atomic E-state index is 12.5. The van der Waals surface area contributed by atoms with Crippen LogP contribution in [-0.2, 0) is 25.5 Å². The number of hydrogen-bond donors (Lipinski definition) is 0. The lowest BCUT2D eigenvalue weighted by Gasteiger charge is -2.21. The molecule has 2 aliphatic carbocycles. The zero-order valence-electron chi connectivity index (χ0n) is 26.6. The molecule has 0 N–H and O–H groups in total. The van der Waals surface area contributed by atoms with Crippen LogP contribution in [0.1, 0.15) is 102 Å². The maximum atomic E-state index is 12.5. The molecule has 0 heterocycles. The van der Waals surface area contributed by atoms with Crippen LogP contribution in [0, 0.1) is 11.8 Å². The van der Waals surface area contributed by atoms with Gasteiger partial charge in [-0.15, -0.1) is 0 Å². The van der Waals surface area contributed by atoms with Gasteiger partial charge in [0.05, 0.1) is 39.3 Å². The molecule has 0 aromatic heterocycles. The Kier molecular flexibility index (Phi) is 12.2. The Morgan fingerprint density at radius 2 is 1.09 bits per heavy atom. The van der Waals surface area contributed by atoms with Gasteiger partial charge in [-0.05, 0) is 42.7 Å². The Morgan fingerprint density at radius 1 is 0.614 bits per heavy atom. The second kappa shape index (κ2) is 16.7. The monoisotopic (exact) mass is 602 g/mol. The van der Waals surface area contributed by atoms with E-state index in [4.69, 9.17) is 18.9 Å². The molecule has 44 heavy (non-hydrogen) atoms. The molecule has 0 spiro atoms. The normalized spacial score (nSPS) is 16.2. The highest BCUT2D eigenvalue weighted by molar-refractivity contribution is 6.11. The second-order valence-electron chi connectivity index (χ2n) is 12.7. The summed E-state index contributed by atoms with van der Waals surface area (Å²) in [6, 6.07) is 14.3.